The Labute approximate surface area is 241 Å². The molecule has 7 heteroatoms. The van der Waals surface area contributed by atoms with Crippen molar-refractivity contribution in [3.8, 4) is 5.75 Å². The molecule has 0 radical (unpaired) electrons. The molecular weight excluding hydrogens is 514 g/mol. The Morgan fingerprint density at radius 1 is 1.07 bits per heavy atom. The van der Waals surface area contributed by atoms with E-state index in [1.54, 1.807) is 12.1 Å². The van der Waals surface area contributed by atoms with Gasteiger partial charge >= 0.3 is 5.97 Å². The molecule has 0 saturated carbocycles. The molecule has 0 bridgehead atoms. The molecule has 0 aliphatic carbocycles. The molecule has 7 nitrogen and oxygen atoms in total. The van der Waals surface area contributed by atoms with Crippen molar-refractivity contribution >= 4 is 40.7 Å². The minimum atomic E-state index is -1.46. The molecule has 1 amide bonds. The third kappa shape index (κ3) is 7.72. The van der Waals surface area contributed by atoms with Gasteiger partial charge in [-0.05, 0) is 97.0 Å². The highest BCUT2D eigenvalue weighted by atomic mass is 16.5. The topological polar surface area (TPSA) is 103 Å². The van der Waals surface area contributed by atoms with Gasteiger partial charge in [-0.25, -0.2) is 4.79 Å². The maximum atomic E-state index is 12.9. The first-order chi connectivity index (χ1) is 19.9. The summed E-state index contributed by atoms with van der Waals surface area (Å²) in [6.45, 7) is 5.81. The maximum absolute atomic E-state index is 12.9. The number of ether oxygens (including phenoxy) is 1. The average molecular weight is 552 g/mol. The summed E-state index contributed by atoms with van der Waals surface area (Å²) >= 11 is 0. The first kappa shape index (κ1) is 29.3. The molecule has 3 aromatic carbocycles. The molecule has 3 aromatic rings. The predicted molar refractivity (Wildman–Crippen MR) is 166 cm³/mol. The van der Waals surface area contributed by atoms with Crippen molar-refractivity contribution in [1.82, 2.24) is 0 Å². The number of anilines is 3. The summed E-state index contributed by atoms with van der Waals surface area (Å²) in [5.41, 5.74) is 5.04. The minimum Gasteiger partial charge on any atom is -0.494 e. The van der Waals surface area contributed by atoms with Crippen molar-refractivity contribution in [3.63, 3.8) is 0 Å². The lowest BCUT2D eigenvalue weighted by Crippen LogP contribution is -2.25. The fourth-order valence-electron chi connectivity index (χ4n) is 4.76. The molecule has 1 heterocycles. The lowest BCUT2D eigenvalue weighted by Gasteiger charge is -2.31. The Morgan fingerprint density at radius 3 is 2.61 bits per heavy atom. The number of unbranched alkanes of at least 4 members (excludes halogenated alkanes) is 1. The van der Waals surface area contributed by atoms with Gasteiger partial charge in [0.2, 0.25) is 0 Å². The molecule has 1 aliphatic rings. The second-order valence-electron chi connectivity index (χ2n) is 9.97. The summed E-state index contributed by atoms with van der Waals surface area (Å²) in [6, 6.07) is 21.8. The van der Waals surface area contributed by atoms with E-state index in [1.165, 1.54) is 11.6 Å². The Hall–Kier alpha value is -4.65. The SMILES string of the molecule is CCCCOc1ccc(N2CCCc3cc(/C=C/C=C(/C(=N)C(=O)O)C(=O)Nc4cccc(CC)c4)ccc32)cc1. The van der Waals surface area contributed by atoms with E-state index in [-0.39, 0.29) is 5.57 Å². The number of benzene rings is 3. The van der Waals surface area contributed by atoms with Crippen LogP contribution in [0.25, 0.3) is 6.08 Å². The summed E-state index contributed by atoms with van der Waals surface area (Å²) in [5, 5.41) is 20.1. The lowest BCUT2D eigenvalue weighted by atomic mass is 9.98. The van der Waals surface area contributed by atoms with Crippen LogP contribution in [0.4, 0.5) is 17.1 Å². The number of carboxylic acid groups (broad SMARTS) is 1. The number of rotatable bonds is 12. The first-order valence-corrected chi connectivity index (χ1v) is 14.1. The van der Waals surface area contributed by atoms with Crippen molar-refractivity contribution in [2.75, 3.05) is 23.4 Å². The summed E-state index contributed by atoms with van der Waals surface area (Å²) in [4.78, 5) is 26.8. The largest absolute Gasteiger partial charge is 0.494 e. The third-order valence-corrected chi connectivity index (χ3v) is 7.01. The molecule has 212 valence electrons. The average Bonchev–Trinajstić information content (AvgIpc) is 2.99. The van der Waals surface area contributed by atoms with E-state index in [0.717, 1.165) is 73.5 Å². The second-order valence-corrected chi connectivity index (χ2v) is 9.97. The van der Waals surface area contributed by atoms with E-state index >= 15 is 0 Å². The van der Waals surface area contributed by atoms with Gasteiger partial charge in [0.1, 0.15) is 5.75 Å². The molecule has 3 N–H and O–H groups in total. The maximum Gasteiger partial charge on any atom is 0.354 e. The highest BCUT2D eigenvalue weighted by Gasteiger charge is 2.21. The number of nitrogens with zero attached hydrogens (tertiary/aromatic N) is 1. The number of aryl methyl sites for hydroxylation is 2. The highest BCUT2D eigenvalue weighted by Crippen LogP contribution is 2.35. The number of nitrogens with one attached hydrogen (secondary N) is 2. The highest BCUT2D eigenvalue weighted by molar-refractivity contribution is 6.48. The van der Waals surface area contributed by atoms with E-state index < -0.39 is 17.6 Å². The number of carbonyl (C=O) groups excluding carboxylic acids is 1. The zero-order valence-electron chi connectivity index (χ0n) is 23.7. The summed E-state index contributed by atoms with van der Waals surface area (Å²) in [5.74, 6) is -1.22. The molecular formula is C34H37N3O4. The van der Waals surface area contributed by atoms with Crippen LogP contribution in [-0.4, -0.2) is 35.8 Å². The number of fused-ring (bicyclic) bond motifs is 1. The van der Waals surface area contributed by atoms with E-state index in [9.17, 15) is 14.7 Å². The van der Waals surface area contributed by atoms with Gasteiger partial charge in [0, 0.05) is 23.6 Å². The van der Waals surface area contributed by atoms with Crippen molar-refractivity contribution < 1.29 is 19.4 Å². The molecule has 41 heavy (non-hydrogen) atoms. The van der Waals surface area contributed by atoms with E-state index in [2.05, 4.69) is 41.4 Å². The van der Waals surface area contributed by atoms with Crippen LogP contribution < -0.4 is 15.0 Å². The number of aliphatic carboxylic acids is 1. The van der Waals surface area contributed by atoms with Crippen LogP contribution >= 0.6 is 0 Å². The number of hydrogen-bond donors (Lipinski definition) is 3. The number of carbonyl (C=O) groups is 2. The van der Waals surface area contributed by atoms with Crippen LogP contribution in [0.5, 0.6) is 5.75 Å². The lowest BCUT2D eigenvalue weighted by molar-refractivity contribution is -0.129. The van der Waals surface area contributed by atoms with Crippen molar-refractivity contribution in [1.29, 1.82) is 5.41 Å². The van der Waals surface area contributed by atoms with Crippen LogP contribution in [0.15, 0.2) is 84.5 Å². The fourth-order valence-corrected chi connectivity index (χ4v) is 4.76. The Kier molecular flexibility index (Phi) is 10.1. The van der Waals surface area contributed by atoms with E-state index in [4.69, 9.17) is 10.1 Å². The van der Waals surface area contributed by atoms with E-state index in [1.807, 2.05) is 49.4 Å². The Balaban J connectivity index is 1.50. The number of hydrogen-bond acceptors (Lipinski definition) is 5. The monoisotopic (exact) mass is 551 g/mol. The van der Waals surface area contributed by atoms with Crippen molar-refractivity contribution in [2.45, 2.75) is 46.0 Å². The third-order valence-electron chi connectivity index (χ3n) is 7.01. The molecule has 0 unspecified atom stereocenters. The van der Waals surface area contributed by atoms with Gasteiger partial charge < -0.3 is 20.1 Å². The summed E-state index contributed by atoms with van der Waals surface area (Å²) in [6.07, 6.45) is 9.75. The predicted octanol–water partition coefficient (Wildman–Crippen LogP) is 7.19. The minimum absolute atomic E-state index is 0.220. The van der Waals surface area contributed by atoms with Gasteiger partial charge in [0.15, 0.2) is 5.71 Å². The van der Waals surface area contributed by atoms with Crippen LogP contribution in [0, 0.1) is 5.41 Å². The fraction of sp³-hybridized carbons (Fsp3) is 0.265. The summed E-state index contributed by atoms with van der Waals surface area (Å²) in [7, 11) is 0. The zero-order valence-corrected chi connectivity index (χ0v) is 23.7. The van der Waals surface area contributed by atoms with Crippen LogP contribution in [0.2, 0.25) is 0 Å². The Morgan fingerprint density at radius 2 is 1.88 bits per heavy atom. The number of amides is 1. The molecule has 0 spiro atoms. The second kappa shape index (κ2) is 14.1. The molecule has 0 saturated heterocycles. The molecule has 1 aliphatic heterocycles. The molecule has 0 atom stereocenters. The standard InChI is InChI=1S/C34H37N3O4/c1-3-5-21-41-29-17-15-28(16-18-29)37-20-8-11-26-22-25(14-19-31(26)37)10-7-13-30(32(35)34(39)40)33(38)36-27-12-6-9-24(4-2)23-27/h6-7,9-10,12-19,22-23,35H,3-5,8,11,20-21H2,1-2H3,(H,36,38)(H,39,40)/b10-7+,30-13-,35-32?. The van der Waals surface area contributed by atoms with Gasteiger partial charge in [-0.2, -0.15) is 0 Å². The molecule has 0 aromatic heterocycles. The zero-order chi connectivity index (χ0) is 29.2. The van der Waals surface area contributed by atoms with Gasteiger partial charge in [0.25, 0.3) is 5.91 Å². The summed E-state index contributed by atoms with van der Waals surface area (Å²) < 4.78 is 5.81. The van der Waals surface area contributed by atoms with Crippen LogP contribution in [0.1, 0.15) is 49.8 Å². The van der Waals surface area contributed by atoms with Crippen LogP contribution in [-0.2, 0) is 22.4 Å². The van der Waals surface area contributed by atoms with Crippen molar-refractivity contribution in [3.05, 3.63) is 101 Å². The Bertz CT molecular complexity index is 1460. The number of allylic oxidation sites excluding steroid dienone is 2. The normalized spacial score (nSPS) is 13.1. The van der Waals surface area contributed by atoms with Gasteiger partial charge in [-0.15, -0.1) is 0 Å². The first-order valence-electron chi connectivity index (χ1n) is 14.1. The quantitative estimate of drug-likeness (QED) is 0.0956. The van der Waals surface area contributed by atoms with Gasteiger partial charge in [-0.1, -0.05) is 50.6 Å². The van der Waals surface area contributed by atoms with Gasteiger partial charge in [0.05, 0.1) is 12.2 Å². The van der Waals surface area contributed by atoms with Crippen molar-refractivity contribution in [2.24, 2.45) is 0 Å². The van der Waals surface area contributed by atoms with E-state index in [0.29, 0.717) is 5.69 Å². The smallest absolute Gasteiger partial charge is 0.354 e. The van der Waals surface area contributed by atoms with Crippen LogP contribution in [0.3, 0.4) is 0 Å². The van der Waals surface area contributed by atoms with Gasteiger partial charge in [-0.3, -0.25) is 10.2 Å². The number of carboxylic acids is 1. The molecule has 4 rings (SSSR count). The molecule has 0 fully saturated rings.